The fourth-order valence-corrected chi connectivity index (χ4v) is 2.35. The molecule has 0 spiro atoms. The number of anilines is 2. The van der Waals surface area contributed by atoms with Crippen molar-refractivity contribution in [1.29, 1.82) is 0 Å². The molecule has 2 aromatic carbocycles. The van der Waals surface area contributed by atoms with E-state index in [1.54, 1.807) is 79.1 Å². The Morgan fingerprint density at radius 2 is 0.882 bits per heavy atom. The van der Waals surface area contributed by atoms with Gasteiger partial charge in [-0.3, -0.25) is 0 Å². The highest BCUT2D eigenvalue weighted by atomic mass is 16.6. The Morgan fingerprint density at radius 3 is 1.35 bits per heavy atom. The van der Waals surface area contributed by atoms with Crippen LogP contribution in [-0.4, -0.2) is 82.3 Å². The first-order chi connectivity index (χ1) is 16.5. The lowest BCUT2D eigenvalue weighted by Crippen LogP contribution is -2.13. The van der Waals surface area contributed by atoms with Gasteiger partial charge in [-0.15, -0.1) is 0 Å². The molecule has 0 atom stereocenters. The second-order valence-electron chi connectivity index (χ2n) is 6.56. The van der Waals surface area contributed by atoms with Crippen LogP contribution in [0.1, 0.15) is 0 Å². The third kappa shape index (κ3) is 14.3. The molecule has 0 unspecified atom stereocenters. The summed E-state index contributed by atoms with van der Waals surface area (Å²) in [6.45, 7) is 2.58. The van der Waals surface area contributed by atoms with Crippen molar-refractivity contribution in [3.8, 4) is 23.0 Å². The maximum atomic E-state index is 5.75. The minimum atomic E-state index is 0.389. The van der Waals surface area contributed by atoms with Gasteiger partial charge in [0.2, 0.25) is 0 Å². The molecule has 0 saturated carbocycles. The highest BCUT2D eigenvalue weighted by molar-refractivity contribution is 5.52. The molecule has 0 aliphatic rings. The number of benzene rings is 2. The zero-order chi connectivity index (χ0) is 25.6. The summed E-state index contributed by atoms with van der Waals surface area (Å²) < 4.78 is 41.1. The summed E-state index contributed by atoms with van der Waals surface area (Å²) in [7, 11) is 9.65. The normalized spacial score (nSPS) is 9.71. The van der Waals surface area contributed by atoms with Gasteiger partial charge in [-0.1, -0.05) is 0 Å². The van der Waals surface area contributed by atoms with Gasteiger partial charge in [0.1, 0.15) is 13.2 Å². The molecule has 0 heterocycles. The Labute approximate surface area is 202 Å². The topological polar surface area (TPSA) is 126 Å². The molecule has 0 aliphatic heterocycles. The van der Waals surface area contributed by atoms with Crippen molar-refractivity contribution in [3.05, 3.63) is 36.4 Å². The molecule has 0 saturated heterocycles. The molecule has 0 bridgehead atoms. The van der Waals surface area contributed by atoms with Gasteiger partial charge in [-0.2, -0.15) is 0 Å². The third-order valence-corrected chi connectivity index (χ3v) is 3.72. The summed E-state index contributed by atoms with van der Waals surface area (Å²) in [5.41, 5.74) is 12.7. The summed E-state index contributed by atoms with van der Waals surface area (Å²) in [6.07, 6.45) is 0. The van der Waals surface area contributed by atoms with Crippen molar-refractivity contribution in [2.24, 2.45) is 0 Å². The molecular weight excluding hydrogens is 444 g/mol. The smallest absolute Gasteiger partial charge is 0.163 e. The lowest BCUT2D eigenvalue weighted by Gasteiger charge is -2.12. The fraction of sp³-hybridized carbons (Fsp3) is 0.500. The van der Waals surface area contributed by atoms with Crippen molar-refractivity contribution in [3.63, 3.8) is 0 Å². The molecule has 0 radical (unpaired) electrons. The fourth-order valence-electron chi connectivity index (χ4n) is 2.35. The summed E-state index contributed by atoms with van der Waals surface area (Å²) >= 11 is 0. The van der Waals surface area contributed by atoms with Gasteiger partial charge in [0.05, 0.1) is 40.6 Å². The average molecular weight is 485 g/mol. The molecule has 2 rings (SSSR count). The van der Waals surface area contributed by atoms with Gasteiger partial charge in [-0.25, -0.2) is 0 Å². The van der Waals surface area contributed by atoms with E-state index in [0.29, 0.717) is 74.0 Å². The molecule has 2 aromatic rings. The number of hydrogen-bond donors (Lipinski definition) is 2. The Morgan fingerprint density at radius 1 is 0.500 bits per heavy atom. The lowest BCUT2D eigenvalue weighted by molar-refractivity contribution is 0.0269. The van der Waals surface area contributed by atoms with Crippen molar-refractivity contribution in [2.75, 3.05) is 93.8 Å². The van der Waals surface area contributed by atoms with E-state index < -0.39 is 0 Å². The molecule has 0 fully saturated rings. The van der Waals surface area contributed by atoms with Crippen LogP contribution in [0.2, 0.25) is 0 Å². The standard InChI is InChI=1S/C20H28N2O6.2C2H6O/c1-23-17-5-3-16(22)14-20(17)28-12-10-26-8-7-25-9-11-27-18-6-4-15(21)13-19(18)24-2;2*1-3-2/h3-6,13-14H,7-12,21-22H2,1-2H3;2*1-2H3. The minimum absolute atomic E-state index is 0.389. The third-order valence-electron chi connectivity index (χ3n) is 3.72. The monoisotopic (exact) mass is 484 g/mol. The van der Waals surface area contributed by atoms with Gasteiger partial charge in [0, 0.05) is 51.9 Å². The molecule has 0 amide bonds. The van der Waals surface area contributed by atoms with Gasteiger partial charge >= 0.3 is 0 Å². The van der Waals surface area contributed by atoms with Crippen LogP contribution in [0.3, 0.4) is 0 Å². The zero-order valence-corrected chi connectivity index (χ0v) is 21.1. The number of methoxy groups -OCH3 is 4. The van der Waals surface area contributed by atoms with Crippen LogP contribution >= 0.6 is 0 Å². The second-order valence-corrected chi connectivity index (χ2v) is 6.56. The minimum Gasteiger partial charge on any atom is -0.493 e. The van der Waals surface area contributed by atoms with Gasteiger partial charge in [-0.05, 0) is 24.3 Å². The number of ether oxygens (including phenoxy) is 8. The molecular formula is C24H40N2O8. The maximum absolute atomic E-state index is 5.75. The largest absolute Gasteiger partial charge is 0.493 e. The zero-order valence-electron chi connectivity index (χ0n) is 21.1. The Kier molecular flexibility index (Phi) is 18.9. The van der Waals surface area contributed by atoms with Gasteiger partial charge in [0.15, 0.2) is 23.0 Å². The van der Waals surface area contributed by atoms with E-state index in [1.165, 1.54) is 0 Å². The van der Waals surface area contributed by atoms with Crippen LogP contribution < -0.4 is 30.4 Å². The van der Waals surface area contributed by atoms with Crippen LogP contribution in [-0.2, 0) is 18.9 Å². The van der Waals surface area contributed by atoms with Crippen LogP contribution in [0.25, 0.3) is 0 Å². The number of nitrogens with two attached hydrogens (primary N) is 2. The van der Waals surface area contributed by atoms with Gasteiger partial charge < -0.3 is 49.4 Å². The van der Waals surface area contributed by atoms with Crippen LogP contribution in [0, 0.1) is 0 Å². The first kappa shape index (κ1) is 31.1. The Hall–Kier alpha value is -2.92. The molecule has 194 valence electrons. The first-order valence-electron chi connectivity index (χ1n) is 10.6. The Bertz CT molecular complexity index is 760. The summed E-state index contributed by atoms with van der Waals surface area (Å²) in [6, 6.07) is 10.5. The predicted molar refractivity (Wildman–Crippen MR) is 133 cm³/mol. The number of hydrogen-bond acceptors (Lipinski definition) is 10. The van der Waals surface area contributed by atoms with Crippen LogP contribution in [0.5, 0.6) is 23.0 Å². The number of rotatable bonds is 13. The maximum Gasteiger partial charge on any atom is 0.163 e. The number of nitrogen functional groups attached to an aromatic ring is 2. The molecule has 10 nitrogen and oxygen atoms in total. The van der Waals surface area contributed by atoms with E-state index in [0.717, 1.165) is 0 Å². The van der Waals surface area contributed by atoms with Gasteiger partial charge in [0.25, 0.3) is 0 Å². The SMILES string of the molecule is COC.COC.COc1cc(N)ccc1OCCOCCOCCOc1cc(N)ccc1OC. The quantitative estimate of drug-likeness (QED) is 0.324. The summed E-state index contributed by atoms with van der Waals surface area (Å²) in [4.78, 5) is 0. The van der Waals surface area contributed by atoms with Crippen molar-refractivity contribution in [2.45, 2.75) is 0 Å². The summed E-state index contributed by atoms with van der Waals surface area (Å²) in [5, 5.41) is 0. The molecule has 0 aromatic heterocycles. The highest BCUT2D eigenvalue weighted by Gasteiger charge is 2.05. The van der Waals surface area contributed by atoms with Crippen molar-refractivity contribution < 1.29 is 37.9 Å². The van der Waals surface area contributed by atoms with E-state index in [4.69, 9.17) is 39.9 Å². The molecule has 0 aliphatic carbocycles. The van der Waals surface area contributed by atoms with E-state index >= 15 is 0 Å². The average Bonchev–Trinajstić information content (AvgIpc) is 2.82. The van der Waals surface area contributed by atoms with Crippen molar-refractivity contribution >= 4 is 11.4 Å². The van der Waals surface area contributed by atoms with Crippen LogP contribution in [0.15, 0.2) is 36.4 Å². The molecule has 10 heteroatoms. The van der Waals surface area contributed by atoms with E-state index in [1.807, 2.05) is 0 Å². The lowest BCUT2D eigenvalue weighted by atomic mass is 10.3. The Balaban J connectivity index is 0.00000164. The second kappa shape index (κ2) is 20.7. The van der Waals surface area contributed by atoms with Crippen LogP contribution in [0.4, 0.5) is 11.4 Å². The summed E-state index contributed by atoms with van der Waals surface area (Å²) in [5.74, 6) is 2.46. The first-order valence-corrected chi connectivity index (χ1v) is 10.6. The predicted octanol–water partition coefficient (Wildman–Crippen LogP) is 2.88. The van der Waals surface area contributed by atoms with Crippen molar-refractivity contribution in [1.82, 2.24) is 0 Å². The molecule has 34 heavy (non-hydrogen) atoms. The van der Waals surface area contributed by atoms with E-state index in [9.17, 15) is 0 Å². The molecule has 4 N–H and O–H groups in total. The van der Waals surface area contributed by atoms with E-state index in [-0.39, 0.29) is 0 Å². The van der Waals surface area contributed by atoms with E-state index in [2.05, 4.69) is 9.47 Å². The highest BCUT2D eigenvalue weighted by Crippen LogP contribution is 2.29.